The van der Waals surface area contributed by atoms with Gasteiger partial charge in [0.15, 0.2) is 11.5 Å². The van der Waals surface area contributed by atoms with Gasteiger partial charge in [-0.25, -0.2) is 4.79 Å². The Morgan fingerprint density at radius 1 is 0.971 bits per heavy atom. The average Bonchev–Trinajstić information content (AvgIpc) is 3.24. The fourth-order valence-electron chi connectivity index (χ4n) is 4.49. The van der Waals surface area contributed by atoms with Crippen LogP contribution >= 0.6 is 0 Å². The molecule has 0 radical (unpaired) electrons. The lowest BCUT2D eigenvalue weighted by Crippen LogP contribution is -2.37. The van der Waals surface area contributed by atoms with Gasteiger partial charge in [0.2, 0.25) is 5.91 Å². The lowest BCUT2D eigenvalue weighted by molar-refractivity contribution is -0.136. The second-order valence-electron chi connectivity index (χ2n) is 8.44. The summed E-state index contributed by atoms with van der Waals surface area (Å²) in [5, 5.41) is 0. The number of anilines is 1. The zero-order chi connectivity index (χ0) is 23.7. The van der Waals surface area contributed by atoms with Gasteiger partial charge in [0.05, 0.1) is 18.4 Å². The number of hydrogen-bond acceptors (Lipinski definition) is 5. The Bertz CT molecular complexity index is 1260. The Kier molecular flexibility index (Phi) is 5.80. The number of hydrogen-bond donors (Lipinski definition) is 0. The van der Waals surface area contributed by atoms with Crippen LogP contribution in [-0.4, -0.2) is 25.6 Å². The molecule has 1 amide bonds. The first-order valence-corrected chi connectivity index (χ1v) is 11.2. The molecule has 2 aliphatic heterocycles. The lowest BCUT2D eigenvalue weighted by Gasteiger charge is -2.32. The summed E-state index contributed by atoms with van der Waals surface area (Å²) in [5.41, 5.74) is 4.83. The average molecular weight is 456 g/mol. The van der Waals surface area contributed by atoms with Crippen LogP contribution in [0.15, 0.2) is 84.1 Å². The summed E-state index contributed by atoms with van der Waals surface area (Å²) in [6, 6.07) is 23.1. The van der Waals surface area contributed by atoms with Gasteiger partial charge in [-0.05, 0) is 42.3 Å². The van der Waals surface area contributed by atoms with Crippen LogP contribution in [0.3, 0.4) is 0 Å². The number of carbonyl (C=O) groups is 2. The molecule has 0 saturated heterocycles. The fourth-order valence-corrected chi connectivity index (χ4v) is 4.49. The first-order chi connectivity index (χ1) is 16.5. The van der Waals surface area contributed by atoms with E-state index in [-0.39, 0.29) is 24.9 Å². The van der Waals surface area contributed by atoms with Gasteiger partial charge in [-0.2, -0.15) is 0 Å². The summed E-state index contributed by atoms with van der Waals surface area (Å²) in [7, 11) is 1.58. The van der Waals surface area contributed by atoms with Gasteiger partial charge in [-0.3, -0.25) is 9.69 Å². The molecule has 34 heavy (non-hydrogen) atoms. The normalized spacial score (nSPS) is 17.5. The number of rotatable bonds is 6. The van der Waals surface area contributed by atoms with E-state index in [0.717, 1.165) is 22.4 Å². The molecule has 6 heteroatoms. The van der Waals surface area contributed by atoms with Crippen molar-refractivity contribution in [2.75, 3.05) is 18.6 Å². The number of ether oxygens (including phenoxy) is 3. The van der Waals surface area contributed by atoms with Crippen molar-refractivity contribution in [3.05, 3.63) is 101 Å². The van der Waals surface area contributed by atoms with Crippen LogP contribution in [0.5, 0.6) is 11.5 Å². The summed E-state index contributed by atoms with van der Waals surface area (Å²) in [4.78, 5) is 27.6. The number of benzene rings is 3. The van der Waals surface area contributed by atoms with Crippen molar-refractivity contribution in [2.24, 2.45) is 0 Å². The predicted octanol–water partition coefficient (Wildman–Crippen LogP) is 4.91. The van der Waals surface area contributed by atoms with Crippen LogP contribution in [-0.2, 0) is 20.9 Å². The number of nitrogens with zero attached hydrogens (tertiary/aromatic N) is 1. The molecule has 0 spiro atoms. The third-order valence-electron chi connectivity index (χ3n) is 6.24. The van der Waals surface area contributed by atoms with Crippen LogP contribution in [0.1, 0.15) is 29.0 Å². The highest BCUT2D eigenvalue weighted by molar-refractivity contribution is 6.06. The second kappa shape index (κ2) is 9.06. The van der Waals surface area contributed by atoms with Crippen LogP contribution < -0.4 is 14.4 Å². The summed E-state index contributed by atoms with van der Waals surface area (Å²) in [6.07, 6.45) is 0.162. The third kappa shape index (κ3) is 4.03. The molecule has 1 unspecified atom stereocenters. The highest BCUT2D eigenvalue weighted by atomic mass is 16.5. The number of methoxy groups -OCH3 is 1. The van der Waals surface area contributed by atoms with Gasteiger partial charge in [-0.1, -0.05) is 54.1 Å². The van der Waals surface area contributed by atoms with Gasteiger partial charge < -0.3 is 14.2 Å². The third-order valence-corrected chi connectivity index (χ3v) is 6.24. The molecule has 0 saturated carbocycles. The fraction of sp³-hybridized carbons (Fsp3) is 0.214. The van der Waals surface area contributed by atoms with Gasteiger partial charge in [0.25, 0.3) is 0 Å². The first kappa shape index (κ1) is 21.8. The molecule has 2 aliphatic rings. The molecule has 0 N–H and O–H groups in total. The van der Waals surface area contributed by atoms with E-state index in [0.29, 0.717) is 29.4 Å². The van der Waals surface area contributed by atoms with Gasteiger partial charge in [-0.15, -0.1) is 0 Å². The maximum Gasteiger partial charge on any atom is 0.336 e. The monoisotopic (exact) mass is 455 g/mol. The molecule has 0 bridgehead atoms. The van der Waals surface area contributed by atoms with Crippen LogP contribution in [0, 0.1) is 6.92 Å². The van der Waals surface area contributed by atoms with Gasteiger partial charge in [0, 0.05) is 18.0 Å². The van der Waals surface area contributed by atoms with E-state index in [4.69, 9.17) is 14.2 Å². The number of cyclic esters (lactones) is 1. The largest absolute Gasteiger partial charge is 0.493 e. The molecular formula is C28H25NO5. The molecule has 6 nitrogen and oxygen atoms in total. The predicted molar refractivity (Wildman–Crippen MR) is 128 cm³/mol. The van der Waals surface area contributed by atoms with E-state index in [1.165, 1.54) is 0 Å². The number of aryl methyl sites for hydroxylation is 1. The molecular weight excluding hydrogens is 430 g/mol. The summed E-state index contributed by atoms with van der Waals surface area (Å²) < 4.78 is 16.9. The zero-order valence-electron chi connectivity index (χ0n) is 19.1. The Labute approximate surface area is 198 Å². The SMILES string of the molecule is COc1cc(C2CC(=O)N(c3ccc(C)cc3)C3=C2C(=O)OC3)ccc1OCc1ccccc1. The highest BCUT2D eigenvalue weighted by Gasteiger charge is 2.43. The van der Waals surface area contributed by atoms with Crippen molar-refractivity contribution in [3.63, 3.8) is 0 Å². The maximum absolute atomic E-state index is 13.3. The molecule has 1 atom stereocenters. The van der Waals surface area contributed by atoms with E-state index in [1.54, 1.807) is 12.0 Å². The van der Waals surface area contributed by atoms with Crippen molar-refractivity contribution < 1.29 is 23.8 Å². The second-order valence-corrected chi connectivity index (χ2v) is 8.44. The molecule has 2 heterocycles. The van der Waals surface area contributed by atoms with Crippen molar-refractivity contribution in [3.8, 4) is 11.5 Å². The quantitative estimate of drug-likeness (QED) is 0.494. The number of esters is 1. The van der Waals surface area contributed by atoms with Gasteiger partial charge >= 0.3 is 5.97 Å². The van der Waals surface area contributed by atoms with E-state index in [2.05, 4.69) is 0 Å². The number of amides is 1. The zero-order valence-corrected chi connectivity index (χ0v) is 19.1. The van der Waals surface area contributed by atoms with Crippen molar-refractivity contribution in [1.29, 1.82) is 0 Å². The van der Waals surface area contributed by atoms with E-state index in [1.807, 2.05) is 79.7 Å². The highest BCUT2D eigenvalue weighted by Crippen LogP contribution is 2.43. The molecule has 3 aromatic carbocycles. The topological polar surface area (TPSA) is 65.1 Å². The smallest absolute Gasteiger partial charge is 0.336 e. The van der Waals surface area contributed by atoms with Crippen molar-refractivity contribution in [1.82, 2.24) is 0 Å². The minimum atomic E-state index is -0.406. The Morgan fingerprint density at radius 2 is 1.74 bits per heavy atom. The van der Waals surface area contributed by atoms with Crippen molar-refractivity contribution in [2.45, 2.75) is 25.9 Å². The molecule has 5 rings (SSSR count). The maximum atomic E-state index is 13.3. The molecule has 0 fully saturated rings. The lowest BCUT2D eigenvalue weighted by atomic mass is 9.84. The van der Waals surface area contributed by atoms with Crippen LogP contribution in [0.2, 0.25) is 0 Å². The summed E-state index contributed by atoms with van der Waals surface area (Å²) in [5.74, 6) is 0.288. The van der Waals surface area contributed by atoms with Crippen molar-refractivity contribution >= 4 is 17.6 Å². The Balaban J connectivity index is 1.46. The summed E-state index contributed by atoms with van der Waals surface area (Å²) in [6.45, 7) is 2.48. The van der Waals surface area contributed by atoms with E-state index in [9.17, 15) is 9.59 Å². The molecule has 3 aromatic rings. The minimum Gasteiger partial charge on any atom is -0.493 e. The first-order valence-electron chi connectivity index (χ1n) is 11.2. The van der Waals surface area contributed by atoms with E-state index < -0.39 is 5.92 Å². The Morgan fingerprint density at radius 3 is 2.47 bits per heavy atom. The minimum absolute atomic E-state index is 0.0747. The van der Waals surface area contributed by atoms with E-state index >= 15 is 0 Å². The van der Waals surface area contributed by atoms with Crippen LogP contribution in [0.25, 0.3) is 0 Å². The summed E-state index contributed by atoms with van der Waals surface area (Å²) >= 11 is 0. The van der Waals surface area contributed by atoms with Crippen LogP contribution in [0.4, 0.5) is 5.69 Å². The standard InChI is InChI=1S/C28H25NO5/c1-18-8-11-21(12-9-18)29-23-17-34-28(31)27(23)22(15-26(29)30)20-10-13-24(25(14-20)32-2)33-16-19-6-4-3-5-7-19/h3-14,22H,15-17H2,1-2H3. The molecule has 0 aliphatic carbocycles. The molecule has 172 valence electrons. The molecule has 0 aromatic heterocycles. The van der Waals surface area contributed by atoms with Gasteiger partial charge in [0.1, 0.15) is 13.2 Å². The Hall–Kier alpha value is -4.06. The number of carbonyl (C=O) groups excluding carboxylic acids is 2.